The summed E-state index contributed by atoms with van der Waals surface area (Å²) >= 11 is 0. The van der Waals surface area contributed by atoms with Crippen LogP contribution < -0.4 is 10.6 Å². The number of amides is 1. The molecule has 1 aromatic heterocycles. The van der Waals surface area contributed by atoms with Gasteiger partial charge in [-0.1, -0.05) is 12.8 Å². The first-order chi connectivity index (χ1) is 9.31. The third-order valence-electron chi connectivity index (χ3n) is 4.58. The highest BCUT2D eigenvalue weighted by atomic mass is 16.2. The summed E-state index contributed by atoms with van der Waals surface area (Å²) in [6.07, 6.45) is 7.84. The zero-order valence-corrected chi connectivity index (χ0v) is 11.1. The predicted octanol–water partition coefficient (Wildman–Crippen LogP) is 0.174. The molecule has 0 unspecified atom stereocenters. The van der Waals surface area contributed by atoms with Crippen molar-refractivity contribution in [1.29, 1.82) is 0 Å². The zero-order chi connectivity index (χ0) is 13.1. The lowest BCUT2D eigenvalue weighted by molar-refractivity contribution is -0.134. The van der Waals surface area contributed by atoms with Gasteiger partial charge in [0.15, 0.2) is 0 Å². The number of carbonyl (C=O) groups is 1. The zero-order valence-electron chi connectivity index (χ0n) is 11.1. The maximum atomic E-state index is 12.5. The standard InChI is InChI=1S/C13H21N5O/c19-12(16-5-6-18-10-15-9-17-18)13-4-2-1-3-11(13)7-14-8-13/h9-11,14H,1-8H2,(H,16,19)/t11-,13+/m0/s1. The molecule has 3 rings (SSSR count). The molecule has 104 valence electrons. The van der Waals surface area contributed by atoms with Crippen LogP contribution in [0.5, 0.6) is 0 Å². The molecule has 0 bridgehead atoms. The lowest BCUT2D eigenvalue weighted by Crippen LogP contribution is -2.48. The monoisotopic (exact) mass is 263 g/mol. The summed E-state index contributed by atoms with van der Waals surface area (Å²) in [5.74, 6) is 0.745. The summed E-state index contributed by atoms with van der Waals surface area (Å²) < 4.78 is 1.74. The average molecular weight is 263 g/mol. The highest BCUT2D eigenvalue weighted by Crippen LogP contribution is 2.43. The maximum absolute atomic E-state index is 12.5. The van der Waals surface area contributed by atoms with Gasteiger partial charge in [0, 0.05) is 13.1 Å². The van der Waals surface area contributed by atoms with Crippen molar-refractivity contribution in [3.8, 4) is 0 Å². The van der Waals surface area contributed by atoms with Gasteiger partial charge in [0.2, 0.25) is 5.91 Å². The fourth-order valence-electron chi connectivity index (χ4n) is 3.50. The minimum atomic E-state index is -0.152. The molecule has 1 aliphatic heterocycles. The van der Waals surface area contributed by atoms with Gasteiger partial charge in [0.05, 0.1) is 12.0 Å². The Balaban J connectivity index is 1.56. The molecule has 6 nitrogen and oxygen atoms in total. The van der Waals surface area contributed by atoms with E-state index >= 15 is 0 Å². The van der Waals surface area contributed by atoms with Crippen LogP contribution in [0.15, 0.2) is 12.7 Å². The third kappa shape index (κ3) is 2.36. The number of hydrogen-bond acceptors (Lipinski definition) is 4. The normalized spacial score (nSPS) is 30.0. The number of fused-ring (bicyclic) bond motifs is 1. The van der Waals surface area contributed by atoms with Crippen LogP contribution in [0.4, 0.5) is 0 Å². The van der Waals surface area contributed by atoms with E-state index in [0.717, 1.165) is 19.5 Å². The van der Waals surface area contributed by atoms with E-state index in [-0.39, 0.29) is 11.3 Å². The Kier molecular flexibility index (Phi) is 3.50. The molecule has 2 aliphatic rings. The summed E-state index contributed by atoms with van der Waals surface area (Å²) in [5, 5.41) is 10.5. The van der Waals surface area contributed by atoms with Crippen LogP contribution in [0, 0.1) is 11.3 Å². The van der Waals surface area contributed by atoms with E-state index < -0.39 is 0 Å². The first-order valence-electron chi connectivity index (χ1n) is 7.13. The second kappa shape index (κ2) is 5.28. The highest BCUT2D eigenvalue weighted by Gasteiger charge is 2.49. The van der Waals surface area contributed by atoms with E-state index in [0.29, 0.717) is 19.0 Å². The number of carbonyl (C=O) groups excluding carboxylic acids is 1. The molecule has 19 heavy (non-hydrogen) atoms. The minimum absolute atomic E-state index is 0.152. The number of nitrogens with zero attached hydrogens (tertiary/aromatic N) is 3. The minimum Gasteiger partial charge on any atom is -0.354 e. The molecule has 2 N–H and O–H groups in total. The fraction of sp³-hybridized carbons (Fsp3) is 0.769. The van der Waals surface area contributed by atoms with E-state index in [1.54, 1.807) is 11.0 Å². The number of rotatable bonds is 4. The SMILES string of the molecule is O=C(NCCn1cncn1)[C@@]12CCCC[C@H]1CNC2. The lowest BCUT2D eigenvalue weighted by Gasteiger charge is -2.37. The largest absolute Gasteiger partial charge is 0.354 e. The summed E-state index contributed by atoms with van der Waals surface area (Å²) in [4.78, 5) is 16.4. The molecule has 2 fully saturated rings. The molecule has 1 saturated heterocycles. The highest BCUT2D eigenvalue weighted by molar-refractivity contribution is 5.83. The second-order valence-corrected chi connectivity index (χ2v) is 5.64. The molecular formula is C13H21N5O. The summed E-state index contributed by atoms with van der Waals surface area (Å²) in [6.45, 7) is 3.14. The summed E-state index contributed by atoms with van der Waals surface area (Å²) in [5.41, 5.74) is -0.152. The average Bonchev–Trinajstić information content (AvgIpc) is 3.08. The summed E-state index contributed by atoms with van der Waals surface area (Å²) in [7, 11) is 0. The van der Waals surface area contributed by atoms with E-state index in [1.807, 2.05) is 0 Å². The van der Waals surface area contributed by atoms with Crippen molar-refractivity contribution in [3.63, 3.8) is 0 Å². The van der Waals surface area contributed by atoms with E-state index in [2.05, 4.69) is 20.7 Å². The van der Waals surface area contributed by atoms with E-state index in [9.17, 15) is 4.79 Å². The van der Waals surface area contributed by atoms with Crippen molar-refractivity contribution in [2.45, 2.75) is 32.2 Å². The molecular weight excluding hydrogens is 242 g/mol. The van der Waals surface area contributed by atoms with Gasteiger partial charge in [-0.15, -0.1) is 0 Å². The van der Waals surface area contributed by atoms with E-state index in [1.165, 1.54) is 25.6 Å². The van der Waals surface area contributed by atoms with Crippen molar-refractivity contribution >= 4 is 5.91 Å². The van der Waals surface area contributed by atoms with Gasteiger partial charge in [-0.25, -0.2) is 4.98 Å². The molecule has 6 heteroatoms. The first kappa shape index (κ1) is 12.6. The Morgan fingerprint density at radius 3 is 3.32 bits per heavy atom. The van der Waals surface area contributed by atoms with Crippen molar-refractivity contribution in [1.82, 2.24) is 25.4 Å². The van der Waals surface area contributed by atoms with Crippen molar-refractivity contribution in [2.75, 3.05) is 19.6 Å². The second-order valence-electron chi connectivity index (χ2n) is 5.64. The smallest absolute Gasteiger partial charge is 0.227 e. The quantitative estimate of drug-likeness (QED) is 0.812. The Bertz CT molecular complexity index is 432. The molecule has 2 atom stereocenters. The molecule has 1 saturated carbocycles. The number of hydrogen-bond donors (Lipinski definition) is 2. The molecule has 1 aliphatic carbocycles. The third-order valence-corrected chi connectivity index (χ3v) is 4.58. The fourth-order valence-corrected chi connectivity index (χ4v) is 3.50. The van der Waals surface area contributed by atoms with Crippen LogP contribution in [0.3, 0.4) is 0 Å². The van der Waals surface area contributed by atoms with Gasteiger partial charge < -0.3 is 10.6 Å². The molecule has 1 amide bonds. The van der Waals surface area contributed by atoms with Gasteiger partial charge in [0.25, 0.3) is 0 Å². The van der Waals surface area contributed by atoms with Crippen LogP contribution >= 0.6 is 0 Å². The van der Waals surface area contributed by atoms with Crippen molar-refractivity contribution in [2.24, 2.45) is 11.3 Å². The molecule has 0 aromatic carbocycles. The van der Waals surface area contributed by atoms with Crippen LogP contribution in [-0.2, 0) is 11.3 Å². The van der Waals surface area contributed by atoms with Crippen molar-refractivity contribution < 1.29 is 4.79 Å². The van der Waals surface area contributed by atoms with E-state index in [4.69, 9.17) is 0 Å². The lowest BCUT2D eigenvalue weighted by atomic mass is 9.67. The molecule has 0 radical (unpaired) electrons. The summed E-state index contributed by atoms with van der Waals surface area (Å²) in [6, 6.07) is 0. The van der Waals surface area contributed by atoms with Gasteiger partial charge in [-0.05, 0) is 25.3 Å². The number of nitrogens with one attached hydrogen (secondary N) is 2. The Morgan fingerprint density at radius 1 is 1.53 bits per heavy atom. The van der Waals surface area contributed by atoms with Crippen LogP contribution in [0.2, 0.25) is 0 Å². The molecule has 0 spiro atoms. The Hall–Kier alpha value is -1.43. The maximum Gasteiger partial charge on any atom is 0.227 e. The van der Waals surface area contributed by atoms with Gasteiger partial charge >= 0.3 is 0 Å². The van der Waals surface area contributed by atoms with Crippen molar-refractivity contribution in [3.05, 3.63) is 12.7 Å². The van der Waals surface area contributed by atoms with Crippen LogP contribution in [0.1, 0.15) is 25.7 Å². The number of aromatic nitrogens is 3. The van der Waals surface area contributed by atoms with Crippen LogP contribution in [0.25, 0.3) is 0 Å². The topological polar surface area (TPSA) is 71.8 Å². The Labute approximate surface area is 113 Å². The first-order valence-corrected chi connectivity index (χ1v) is 7.13. The molecule has 2 heterocycles. The molecule has 1 aromatic rings. The predicted molar refractivity (Wildman–Crippen MR) is 70.3 cm³/mol. The van der Waals surface area contributed by atoms with Crippen LogP contribution in [-0.4, -0.2) is 40.3 Å². The Morgan fingerprint density at radius 2 is 2.47 bits per heavy atom. The van der Waals surface area contributed by atoms with Gasteiger partial charge in [0.1, 0.15) is 12.7 Å². The van der Waals surface area contributed by atoms with Gasteiger partial charge in [-0.3, -0.25) is 9.48 Å². The van der Waals surface area contributed by atoms with Gasteiger partial charge in [-0.2, -0.15) is 5.10 Å².